The van der Waals surface area contributed by atoms with E-state index in [-0.39, 0.29) is 18.4 Å². The maximum atomic E-state index is 12.4. The lowest BCUT2D eigenvalue weighted by Gasteiger charge is -2.09. The number of ether oxygens (including phenoxy) is 1. The fourth-order valence-electron chi connectivity index (χ4n) is 2.37. The van der Waals surface area contributed by atoms with Crippen molar-refractivity contribution in [1.29, 1.82) is 0 Å². The van der Waals surface area contributed by atoms with Crippen molar-refractivity contribution in [3.8, 4) is 0 Å². The number of fused-ring (bicyclic) bond motifs is 1. The van der Waals surface area contributed by atoms with E-state index in [0.717, 1.165) is 0 Å². The molecule has 0 bridgehead atoms. The first-order chi connectivity index (χ1) is 11.2. The van der Waals surface area contributed by atoms with Crippen LogP contribution in [-0.2, 0) is 4.74 Å². The van der Waals surface area contributed by atoms with Crippen molar-refractivity contribution in [2.45, 2.75) is 6.92 Å². The molecule has 0 aromatic carbocycles. The molecule has 0 radical (unpaired) electrons. The summed E-state index contributed by atoms with van der Waals surface area (Å²) in [6.45, 7) is 3.22. The van der Waals surface area contributed by atoms with Crippen LogP contribution in [0.25, 0.3) is 5.65 Å². The van der Waals surface area contributed by atoms with Gasteiger partial charge >= 0.3 is 5.97 Å². The number of carbonyl (C=O) groups is 2. The Bertz CT molecular complexity index is 768. The minimum Gasteiger partial charge on any atom is -0.461 e. The Morgan fingerprint density at radius 1 is 1.52 bits per heavy atom. The summed E-state index contributed by atoms with van der Waals surface area (Å²) in [4.78, 5) is 28.5. The van der Waals surface area contributed by atoms with Gasteiger partial charge in [0.15, 0.2) is 5.69 Å². The zero-order valence-electron chi connectivity index (χ0n) is 12.7. The van der Waals surface area contributed by atoms with Crippen LogP contribution in [0.2, 0.25) is 0 Å². The molecular formula is C15H17N5O3. The van der Waals surface area contributed by atoms with E-state index >= 15 is 0 Å². The second-order valence-corrected chi connectivity index (χ2v) is 5.09. The van der Waals surface area contributed by atoms with Gasteiger partial charge in [0.05, 0.1) is 18.4 Å². The van der Waals surface area contributed by atoms with Crippen LogP contribution in [-0.4, -0.2) is 47.2 Å². The highest BCUT2D eigenvalue weighted by atomic mass is 16.5. The lowest BCUT2D eigenvalue weighted by atomic mass is 10.1. The zero-order valence-corrected chi connectivity index (χ0v) is 12.7. The minimum atomic E-state index is -0.467. The lowest BCUT2D eigenvalue weighted by molar-refractivity contribution is 0.0518. The van der Waals surface area contributed by atoms with Crippen LogP contribution in [0.3, 0.4) is 0 Å². The van der Waals surface area contributed by atoms with E-state index in [0.29, 0.717) is 30.0 Å². The van der Waals surface area contributed by atoms with E-state index in [4.69, 9.17) is 4.74 Å². The first kappa shape index (κ1) is 15.0. The maximum absolute atomic E-state index is 12.4. The molecule has 2 aromatic rings. The summed E-state index contributed by atoms with van der Waals surface area (Å²) in [5.74, 6) is -0.531. The van der Waals surface area contributed by atoms with Crippen LogP contribution >= 0.6 is 0 Å². The number of amides is 1. The van der Waals surface area contributed by atoms with Gasteiger partial charge in [0.25, 0.3) is 5.91 Å². The third kappa shape index (κ3) is 3.01. The maximum Gasteiger partial charge on any atom is 0.356 e. The molecule has 2 aromatic heterocycles. The van der Waals surface area contributed by atoms with Crippen molar-refractivity contribution in [2.24, 2.45) is 11.0 Å². The number of imidazole rings is 1. The van der Waals surface area contributed by atoms with Gasteiger partial charge in [-0.3, -0.25) is 9.20 Å². The normalized spacial score (nSPS) is 16.3. The van der Waals surface area contributed by atoms with Crippen molar-refractivity contribution in [3.05, 3.63) is 35.8 Å². The highest BCUT2D eigenvalue weighted by molar-refractivity contribution is 6.00. The Kier molecular flexibility index (Phi) is 4.22. The average Bonchev–Trinajstić information content (AvgIpc) is 3.21. The SMILES string of the molecule is CCOC(=O)c1cnc2c(C(=O)NCC3C=NNC3)cccn12. The Morgan fingerprint density at radius 3 is 3.13 bits per heavy atom. The van der Waals surface area contributed by atoms with Crippen molar-refractivity contribution in [1.82, 2.24) is 20.1 Å². The number of carbonyl (C=O) groups excluding carboxylic acids is 2. The number of hydrogen-bond donors (Lipinski definition) is 2. The molecule has 1 aliphatic heterocycles. The topological polar surface area (TPSA) is 97.1 Å². The second-order valence-electron chi connectivity index (χ2n) is 5.09. The van der Waals surface area contributed by atoms with Gasteiger partial charge in [-0.25, -0.2) is 9.78 Å². The number of nitrogens with zero attached hydrogens (tertiary/aromatic N) is 3. The molecular weight excluding hydrogens is 298 g/mol. The van der Waals surface area contributed by atoms with E-state index in [9.17, 15) is 9.59 Å². The number of aromatic nitrogens is 2. The van der Waals surface area contributed by atoms with Crippen molar-refractivity contribution >= 4 is 23.7 Å². The lowest BCUT2D eigenvalue weighted by Crippen LogP contribution is -2.31. The predicted octanol–water partition coefficient (Wildman–Crippen LogP) is 0.446. The molecule has 0 aliphatic carbocycles. The molecule has 120 valence electrons. The quantitative estimate of drug-likeness (QED) is 0.781. The summed E-state index contributed by atoms with van der Waals surface area (Å²) in [6.07, 6.45) is 4.87. The third-order valence-electron chi connectivity index (χ3n) is 3.52. The second kappa shape index (κ2) is 6.47. The molecule has 8 heteroatoms. The molecule has 3 heterocycles. The predicted molar refractivity (Wildman–Crippen MR) is 83.5 cm³/mol. The summed E-state index contributed by atoms with van der Waals surface area (Å²) >= 11 is 0. The molecule has 0 saturated heterocycles. The molecule has 8 nitrogen and oxygen atoms in total. The number of hydrogen-bond acceptors (Lipinski definition) is 6. The third-order valence-corrected chi connectivity index (χ3v) is 3.52. The highest BCUT2D eigenvalue weighted by Gasteiger charge is 2.19. The fraction of sp³-hybridized carbons (Fsp3) is 0.333. The number of esters is 1. The molecule has 1 aliphatic rings. The molecule has 23 heavy (non-hydrogen) atoms. The summed E-state index contributed by atoms with van der Waals surface area (Å²) < 4.78 is 6.55. The van der Waals surface area contributed by atoms with Crippen LogP contribution in [0.4, 0.5) is 0 Å². The molecule has 0 saturated carbocycles. The fourth-order valence-corrected chi connectivity index (χ4v) is 2.37. The zero-order chi connectivity index (χ0) is 16.2. The summed E-state index contributed by atoms with van der Waals surface area (Å²) in [5, 5.41) is 6.77. The summed E-state index contributed by atoms with van der Waals surface area (Å²) in [5.41, 5.74) is 3.97. The number of pyridine rings is 1. The summed E-state index contributed by atoms with van der Waals surface area (Å²) in [7, 11) is 0. The number of nitrogens with one attached hydrogen (secondary N) is 2. The van der Waals surface area contributed by atoms with Crippen LogP contribution < -0.4 is 10.7 Å². The monoisotopic (exact) mass is 315 g/mol. The van der Waals surface area contributed by atoms with Gasteiger partial charge in [-0.2, -0.15) is 5.10 Å². The van der Waals surface area contributed by atoms with Crippen molar-refractivity contribution in [3.63, 3.8) is 0 Å². The van der Waals surface area contributed by atoms with E-state index in [2.05, 4.69) is 20.8 Å². The van der Waals surface area contributed by atoms with Gasteiger partial charge in [-0.15, -0.1) is 0 Å². The molecule has 2 N–H and O–H groups in total. The van der Waals surface area contributed by atoms with Gasteiger partial charge in [0, 0.05) is 31.4 Å². The Balaban J connectivity index is 1.82. The van der Waals surface area contributed by atoms with E-state index < -0.39 is 5.97 Å². The van der Waals surface area contributed by atoms with Crippen LogP contribution in [0.5, 0.6) is 0 Å². The minimum absolute atomic E-state index is 0.175. The Labute approximate surface area is 132 Å². The van der Waals surface area contributed by atoms with E-state index in [1.54, 1.807) is 35.9 Å². The van der Waals surface area contributed by atoms with Crippen molar-refractivity contribution in [2.75, 3.05) is 19.7 Å². The summed E-state index contributed by atoms with van der Waals surface area (Å²) in [6, 6.07) is 3.37. The van der Waals surface area contributed by atoms with E-state index in [1.807, 2.05) is 0 Å². The Morgan fingerprint density at radius 2 is 2.39 bits per heavy atom. The molecule has 1 amide bonds. The van der Waals surface area contributed by atoms with Crippen LogP contribution in [0.1, 0.15) is 27.8 Å². The van der Waals surface area contributed by atoms with Crippen LogP contribution in [0.15, 0.2) is 29.6 Å². The van der Waals surface area contributed by atoms with Gasteiger partial charge in [-0.05, 0) is 19.1 Å². The first-order valence-electron chi connectivity index (χ1n) is 7.38. The average molecular weight is 315 g/mol. The van der Waals surface area contributed by atoms with Crippen LogP contribution in [0, 0.1) is 5.92 Å². The molecule has 1 unspecified atom stereocenters. The van der Waals surface area contributed by atoms with E-state index in [1.165, 1.54) is 6.20 Å². The molecule has 1 atom stereocenters. The van der Waals surface area contributed by atoms with Gasteiger partial charge < -0.3 is 15.5 Å². The number of rotatable bonds is 5. The largest absolute Gasteiger partial charge is 0.461 e. The van der Waals surface area contributed by atoms with Crippen molar-refractivity contribution < 1.29 is 14.3 Å². The standard InChI is InChI=1S/C15H17N5O3/c1-2-23-15(22)12-9-16-13-11(4-3-5-20(12)13)14(21)17-6-10-7-18-19-8-10/h3-5,7,9-10,19H,2,6,8H2,1H3,(H,17,21). The van der Waals surface area contributed by atoms with Gasteiger partial charge in [0.1, 0.15) is 5.65 Å². The van der Waals surface area contributed by atoms with Gasteiger partial charge in [0.2, 0.25) is 0 Å². The molecule has 0 fully saturated rings. The molecule has 0 spiro atoms. The van der Waals surface area contributed by atoms with Gasteiger partial charge in [-0.1, -0.05) is 0 Å². The molecule has 3 rings (SSSR count). The smallest absolute Gasteiger partial charge is 0.356 e. The highest BCUT2D eigenvalue weighted by Crippen LogP contribution is 2.13. The number of hydrazone groups is 1. The first-order valence-corrected chi connectivity index (χ1v) is 7.38. The Hall–Kier alpha value is -2.90.